The van der Waals surface area contributed by atoms with E-state index < -0.39 is 11.3 Å². The molecule has 1 atom stereocenters. The summed E-state index contributed by atoms with van der Waals surface area (Å²) in [4.78, 5) is 7.63. The number of aromatic nitrogens is 1. The average Bonchev–Trinajstić information content (AvgIpc) is 2.57. The highest BCUT2D eigenvalue weighted by Crippen LogP contribution is 2.53. The van der Waals surface area contributed by atoms with Gasteiger partial charge in [0.2, 0.25) is 0 Å². The van der Waals surface area contributed by atoms with Crippen LogP contribution in [0.15, 0.2) is 36.5 Å². The fourth-order valence-corrected chi connectivity index (χ4v) is 3.23. The first-order valence-electron chi connectivity index (χ1n) is 8.03. The van der Waals surface area contributed by atoms with Crippen LogP contribution in [0.3, 0.4) is 0 Å². The van der Waals surface area contributed by atoms with E-state index in [4.69, 9.17) is 11.3 Å². The molecule has 4 nitrogen and oxygen atoms in total. The molecule has 6 heteroatoms. The summed E-state index contributed by atoms with van der Waals surface area (Å²) in [5, 5.41) is 3.10. The Hall–Kier alpha value is -2.52. The van der Waals surface area contributed by atoms with Gasteiger partial charge in [-0.15, -0.1) is 0 Å². The van der Waals surface area contributed by atoms with Crippen LogP contribution in [0.2, 0.25) is 0 Å². The van der Waals surface area contributed by atoms with Crippen molar-refractivity contribution in [1.82, 2.24) is 4.98 Å². The molecule has 0 saturated heterocycles. The molecule has 2 aromatic rings. The molecular formula is C19H19F2N3O. The Kier molecular flexibility index (Phi) is 4.21. The molecule has 3 rings (SSSR count). The van der Waals surface area contributed by atoms with Gasteiger partial charge < -0.3 is 10.1 Å². The fraction of sp³-hybridized carbons (Fsp3) is 0.368. The maximum Gasteiger partial charge on any atom is 0.261 e. The third kappa shape index (κ3) is 2.75. The van der Waals surface area contributed by atoms with E-state index in [1.54, 1.807) is 30.5 Å². The molecule has 0 fully saturated rings. The van der Waals surface area contributed by atoms with Gasteiger partial charge in [0.15, 0.2) is 5.69 Å². The lowest BCUT2D eigenvalue weighted by atomic mass is 9.68. The van der Waals surface area contributed by atoms with Gasteiger partial charge in [-0.1, -0.05) is 18.2 Å². The minimum absolute atomic E-state index is 0.205. The lowest BCUT2D eigenvalue weighted by Crippen LogP contribution is -2.50. The zero-order chi connectivity index (χ0) is 18.2. The van der Waals surface area contributed by atoms with E-state index in [1.807, 2.05) is 13.8 Å². The van der Waals surface area contributed by atoms with Crippen molar-refractivity contribution in [2.24, 2.45) is 0 Å². The Balaban J connectivity index is 2.33. The van der Waals surface area contributed by atoms with Crippen LogP contribution in [-0.2, 0) is 10.2 Å². The lowest BCUT2D eigenvalue weighted by molar-refractivity contribution is -0.0867. The molecule has 0 saturated carbocycles. The first kappa shape index (κ1) is 17.3. The van der Waals surface area contributed by atoms with Gasteiger partial charge in [-0.05, 0) is 31.5 Å². The summed E-state index contributed by atoms with van der Waals surface area (Å²) in [6, 6.07) is 8.06. The Bertz CT molecular complexity index is 839. The van der Waals surface area contributed by atoms with E-state index in [0.717, 1.165) is 6.92 Å². The molecule has 1 aromatic heterocycles. The number of alkyl halides is 2. The van der Waals surface area contributed by atoms with E-state index in [1.165, 1.54) is 6.07 Å². The monoisotopic (exact) mass is 343 g/mol. The number of hydrogen-bond acceptors (Lipinski definition) is 3. The highest BCUT2D eigenvalue weighted by Gasteiger charge is 2.56. The number of rotatable bonds is 4. The molecular weight excluding hydrogens is 324 g/mol. The molecule has 0 aliphatic carbocycles. The van der Waals surface area contributed by atoms with Crippen molar-refractivity contribution in [2.45, 2.75) is 38.2 Å². The Morgan fingerprint density at radius 1 is 1.32 bits per heavy atom. The highest BCUT2D eigenvalue weighted by atomic mass is 19.3. The van der Waals surface area contributed by atoms with Gasteiger partial charge >= 0.3 is 0 Å². The van der Waals surface area contributed by atoms with Crippen molar-refractivity contribution in [2.75, 3.05) is 11.9 Å². The summed E-state index contributed by atoms with van der Waals surface area (Å²) >= 11 is 0. The van der Waals surface area contributed by atoms with Crippen molar-refractivity contribution in [1.29, 1.82) is 0 Å². The topological polar surface area (TPSA) is 38.5 Å². The number of nitrogens with zero attached hydrogens (tertiary/aromatic N) is 2. The number of fused-ring (bicyclic) bond motifs is 2. The molecule has 1 N–H and O–H groups in total. The number of pyridine rings is 1. The molecule has 1 unspecified atom stereocenters. The molecule has 25 heavy (non-hydrogen) atoms. The number of nitrogens with one attached hydrogen (secondary N) is 1. The molecule has 0 spiro atoms. The van der Waals surface area contributed by atoms with Gasteiger partial charge in [0, 0.05) is 24.4 Å². The second-order valence-corrected chi connectivity index (χ2v) is 6.52. The number of halogens is 2. The van der Waals surface area contributed by atoms with E-state index in [9.17, 15) is 0 Å². The van der Waals surface area contributed by atoms with Crippen molar-refractivity contribution in [3.8, 4) is 0 Å². The van der Waals surface area contributed by atoms with Crippen molar-refractivity contribution >= 4 is 17.2 Å². The number of hydrogen-bond donors (Lipinski definition) is 1. The first-order valence-corrected chi connectivity index (χ1v) is 8.03. The van der Waals surface area contributed by atoms with E-state index in [2.05, 4.69) is 15.1 Å². The van der Waals surface area contributed by atoms with Gasteiger partial charge in [-0.3, -0.25) is 0 Å². The van der Waals surface area contributed by atoms with Gasteiger partial charge in [0.25, 0.3) is 5.92 Å². The third-order valence-corrected chi connectivity index (χ3v) is 4.50. The zero-order valence-electron chi connectivity index (χ0n) is 14.3. The van der Waals surface area contributed by atoms with Crippen LogP contribution in [0.4, 0.5) is 26.0 Å². The predicted molar refractivity (Wildman–Crippen MR) is 92.7 cm³/mol. The summed E-state index contributed by atoms with van der Waals surface area (Å²) in [5.41, 5.74) is -0.159. The van der Waals surface area contributed by atoms with Crippen LogP contribution in [0.25, 0.3) is 4.85 Å². The van der Waals surface area contributed by atoms with Gasteiger partial charge in [0.05, 0.1) is 19.3 Å². The van der Waals surface area contributed by atoms with Crippen LogP contribution in [0, 0.1) is 6.57 Å². The molecule has 2 heterocycles. The van der Waals surface area contributed by atoms with Crippen LogP contribution in [0.5, 0.6) is 0 Å². The molecule has 0 amide bonds. The van der Waals surface area contributed by atoms with Crippen molar-refractivity contribution in [3.63, 3.8) is 0 Å². The van der Waals surface area contributed by atoms with Crippen molar-refractivity contribution < 1.29 is 13.5 Å². The second-order valence-electron chi connectivity index (χ2n) is 6.52. The maximum absolute atomic E-state index is 15.1. The Morgan fingerprint density at radius 2 is 2.08 bits per heavy atom. The van der Waals surface area contributed by atoms with Crippen molar-refractivity contribution in [3.05, 3.63) is 59.1 Å². The normalized spacial score (nSPS) is 18.9. The number of ether oxygens (including phenoxy) is 1. The van der Waals surface area contributed by atoms with Gasteiger partial charge in [-0.2, -0.15) is 0 Å². The maximum atomic E-state index is 15.1. The standard InChI is InChI=1S/C19H19F2N3O/c1-12(2)25-11-19(18(3,20)21)14-6-5-9-23-17(14)24-16-8-7-13(22-4)10-15(16)19/h5-10,12H,11H2,1-3H3,(H,23,24). The predicted octanol–water partition coefficient (Wildman–Crippen LogP) is 5.06. The molecule has 1 aliphatic rings. The fourth-order valence-electron chi connectivity index (χ4n) is 3.23. The molecule has 1 aliphatic heterocycles. The first-order chi connectivity index (χ1) is 11.8. The molecule has 1 aromatic carbocycles. The summed E-state index contributed by atoms with van der Waals surface area (Å²) in [6.07, 6.45) is 1.35. The highest BCUT2D eigenvalue weighted by molar-refractivity contribution is 5.76. The Morgan fingerprint density at radius 3 is 2.72 bits per heavy atom. The van der Waals surface area contributed by atoms with Crippen LogP contribution in [0.1, 0.15) is 31.9 Å². The van der Waals surface area contributed by atoms with Crippen LogP contribution < -0.4 is 5.32 Å². The smallest absolute Gasteiger partial charge is 0.261 e. The van der Waals surface area contributed by atoms with E-state index >= 15 is 8.78 Å². The summed E-state index contributed by atoms with van der Waals surface area (Å²) in [5.74, 6) is -2.74. The van der Waals surface area contributed by atoms with E-state index in [0.29, 0.717) is 28.3 Å². The van der Waals surface area contributed by atoms with Crippen LogP contribution >= 0.6 is 0 Å². The number of anilines is 2. The minimum atomic E-state index is -3.13. The minimum Gasteiger partial charge on any atom is -0.377 e. The number of benzene rings is 1. The average molecular weight is 343 g/mol. The Labute approximate surface area is 145 Å². The molecule has 0 bridgehead atoms. The summed E-state index contributed by atoms with van der Waals surface area (Å²) in [6.45, 7) is 11.5. The largest absolute Gasteiger partial charge is 0.377 e. The summed E-state index contributed by atoms with van der Waals surface area (Å²) < 4.78 is 35.9. The van der Waals surface area contributed by atoms with Gasteiger partial charge in [0.1, 0.15) is 11.2 Å². The SMILES string of the molecule is [C-]#[N+]c1ccc2c(c1)C(COC(C)C)(C(C)(F)F)c1cccnc1N2. The lowest BCUT2D eigenvalue weighted by Gasteiger charge is -2.44. The van der Waals surface area contributed by atoms with Crippen LogP contribution in [-0.4, -0.2) is 23.6 Å². The quantitative estimate of drug-likeness (QED) is 0.789. The van der Waals surface area contributed by atoms with Gasteiger partial charge in [-0.25, -0.2) is 18.6 Å². The molecule has 130 valence electrons. The zero-order valence-corrected chi connectivity index (χ0v) is 14.3. The second kappa shape index (κ2) is 6.08. The summed E-state index contributed by atoms with van der Waals surface area (Å²) in [7, 11) is 0. The third-order valence-electron chi connectivity index (χ3n) is 4.50. The van der Waals surface area contributed by atoms with E-state index in [-0.39, 0.29) is 12.7 Å². The molecule has 0 radical (unpaired) electrons.